The lowest BCUT2D eigenvalue weighted by molar-refractivity contribution is 0.219. The largest absolute Gasteiger partial charge is 0.495 e. The number of urea groups is 1. The molecule has 4 heteroatoms. The zero-order valence-corrected chi connectivity index (χ0v) is 10.2. The van der Waals surface area contributed by atoms with Gasteiger partial charge in [0.15, 0.2) is 0 Å². The van der Waals surface area contributed by atoms with Gasteiger partial charge in [0.1, 0.15) is 5.75 Å². The SMILES string of the molecule is CCN(C)C(=O)N(C)c1ccccc1OC. The van der Waals surface area contributed by atoms with E-state index in [1.54, 1.807) is 31.0 Å². The van der Waals surface area contributed by atoms with Gasteiger partial charge in [0.2, 0.25) is 0 Å². The predicted molar refractivity (Wildman–Crippen MR) is 65.1 cm³/mol. The molecule has 0 unspecified atom stereocenters. The third-order valence-corrected chi connectivity index (χ3v) is 2.53. The Hall–Kier alpha value is -1.71. The van der Waals surface area contributed by atoms with E-state index in [0.717, 1.165) is 5.69 Å². The number of carbonyl (C=O) groups excluding carboxylic acids is 1. The maximum atomic E-state index is 11.9. The number of rotatable bonds is 3. The highest BCUT2D eigenvalue weighted by Gasteiger charge is 2.17. The van der Waals surface area contributed by atoms with E-state index in [2.05, 4.69) is 0 Å². The highest BCUT2D eigenvalue weighted by molar-refractivity contribution is 5.92. The molecule has 0 aliphatic rings. The molecule has 0 fully saturated rings. The Morgan fingerprint density at radius 1 is 1.31 bits per heavy atom. The summed E-state index contributed by atoms with van der Waals surface area (Å²) in [5, 5.41) is 0. The summed E-state index contributed by atoms with van der Waals surface area (Å²) in [6.45, 7) is 2.62. The van der Waals surface area contributed by atoms with Crippen LogP contribution in [0.1, 0.15) is 6.92 Å². The average Bonchev–Trinajstić information content (AvgIpc) is 2.35. The van der Waals surface area contributed by atoms with Crippen molar-refractivity contribution in [1.82, 2.24) is 4.90 Å². The van der Waals surface area contributed by atoms with E-state index < -0.39 is 0 Å². The predicted octanol–water partition coefficient (Wildman–Crippen LogP) is 2.20. The van der Waals surface area contributed by atoms with Crippen molar-refractivity contribution in [2.45, 2.75) is 6.92 Å². The van der Waals surface area contributed by atoms with Crippen molar-refractivity contribution in [3.63, 3.8) is 0 Å². The van der Waals surface area contributed by atoms with Crippen LogP contribution >= 0.6 is 0 Å². The Bertz CT molecular complexity index is 366. The van der Waals surface area contributed by atoms with E-state index in [0.29, 0.717) is 12.3 Å². The number of hydrogen-bond acceptors (Lipinski definition) is 2. The first-order chi connectivity index (χ1) is 7.61. The van der Waals surface area contributed by atoms with E-state index >= 15 is 0 Å². The van der Waals surface area contributed by atoms with E-state index in [9.17, 15) is 4.79 Å². The first-order valence-corrected chi connectivity index (χ1v) is 5.23. The quantitative estimate of drug-likeness (QED) is 0.785. The fraction of sp³-hybridized carbons (Fsp3) is 0.417. The molecule has 0 aliphatic carbocycles. The molecule has 0 aromatic heterocycles. The molecule has 16 heavy (non-hydrogen) atoms. The van der Waals surface area contributed by atoms with Crippen molar-refractivity contribution in [3.8, 4) is 5.75 Å². The average molecular weight is 222 g/mol. The van der Waals surface area contributed by atoms with Gasteiger partial charge in [-0.25, -0.2) is 4.79 Å². The summed E-state index contributed by atoms with van der Waals surface area (Å²) in [6.07, 6.45) is 0. The van der Waals surface area contributed by atoms with Gasteiger partial charge in [0.25, 0.3) is 0 Å². The van der Waals surface area contributed by atoms with Crippen LogP contribution in [0.2, 0.25) is 0 Å². The summed E-state index contributed by atoms with van der Waals surface area (Å²) < 4.78 is 5.22. The summed E-state index contributed by atoms with van der Waals surface area (Å²) >= 11 is 0. The second-order valence-corrected chi connectivity index (χ2v) is 3.53. The molecule has 88 valence electrons. The first kappa shape index (κ1) is 12.4. The molecule has 0 saturated heterocycles. The van der Waals surface area contributed by atoms with Gasteiger partial charge in [0.05, 0.1) is 12.8 Å². The number of methoxy groups -OCH3 is 1. The standard InChI is InChI=1S/C12H18N2O2/c1-5-13(2)12(15)14(3)10-8-6-7-9-11(10)16-4/h6-9H,5H2,1-4H3. The topological polar surface area (TPSA) is 32.8 Å². The van der Waals surface area contributed by atoms with Crippen LogP contribution in [0.5, 0.6) is 5.75 Å². The Kier molecular flexibility index (Phi) is 4.17. The second kappa shape index (κ2) is 5.39. The number of amides is 2. The molecule has 1 aromatic carbocycles. The molecular formula is C12H18N2O2. The molecule has 0 aliphatic heterocycles. The van der Waals surface area contributed by atoms with E-state index in [4.69, 9.17) is 4.74 Å². The smallest absolute Gasteiger partial charge is 0.324 e. The minimum absolute atomic E-state index is 0.0491. The van der Waals surface area contributed by atoms with Crippen molar-refractivity contribution >= 4 is 11.7 Å². The molecule has 1 aromatic rings. The Morgan fingerprint density at radius 3 is 2.50 bits per heavy atom. The van der Waals surface area contributed by atoms with Crippen LogP contribution < -0.4 is 9.64 Å². The molecule has 0 radical (unpaired) electrons. The fourth-order valence-corrected chi connectivity index (χ4v) is 1.40. The van der Waals surface area contributed by atoms with Gasteiger partial charge in [0, 0.05) is 20.6 Å². The molecule has 0 atom stereocenters. The van der Waals surface area contributed by atoms with Gasteiger partial charge >= 0.3 is 6.03 Å². The van der Waals surface area contributed by atoms with Crippen molar-refractivity contribution in [2.24, 2.45) is 0 Å². The van der Waals surface area contributed by atoms with E-state index in [1.165, 1.54) is 0 Å². The number of carbonyl (C=O) groups is 1. The zero-order valence-electron chi connectivity index (χ0n) is 10.2. The number of nitrogens with zero attached hydrogens (tertiary/aromatic N) is 2. The Labute approximate surface area is 96.4 Å². The molecule has 0 bridgehead atoms. The number of hydrogen-bond donors (Lipinski definition) is 0. The maximum absolute atomic E-state index is 11.9. The van der Waals surface area contributed by atoms with Gasteiger partial charge < -0.3 is 9.64 Å². The normalized spacial score (nSPS) is 9.75. The molecule has 0 N–H and O–H groups in total. The summed E-state index contributed by atoms with van der Waals surface area (Å²) in [5.74, 6) is 0.697. The lowest BCUT2D eigenvalue weighted by Crippen LogP contribution is -2.38. The molecule has 1 rings (SSSR count). The zero-order chi connectivity index (χ0) is 12.1. The van der Waals surface area contributed by atoms with Gasteiger partial charge in [-0.2, -0.15) is 0 Å². The number of para-hydroxylation sites is 2. The summed E-state index contributed by atoms with van der Waals surface area (Å²) in [6, 6.07) is 7.41. The van der Waals surface area contributed by atoms with Crippen LogP contribution in [0.4, 0.5) is 10.5 Å². The van der Waals surface area contributed by atoms with Gasteiger partial charge in [-0.15, -0.1) is 0 Å². The van der Waals surface area contributed by atoms with Crippen LogP contribution in [-0.2, 0) is 0 Å². The highest BCUT2D eigenvalue weighted by Crippen LogP contribution is 2.26. The summed E-state index contributed by atoms with van der Waals surface area (Å²) in [4.78, 5) is 15.2. The first-order valence-electron chi connectivity index (χ1n) is 5.23. The van der Waals surface area contributed by atoms with Crippen LogP contribution in [0.15, 0.2) is 24.3 Å². The van der Waals surface area contributed by atoms with Gasteiger partial charge in [-0.1, -0.05) is 12.1 Å². The van der Waals surface area contributed by atoms with E-state index in [1.807, 2.05) is 31.2 Å². The second-order valence-electron chi connectivity index (χ2n) is 3.53. The van der Waals surface area contributed by atoms with E-state index in [-0.39, 0.29) is 6.03 Å². The molecular weight excluding hydrogens is 204 g/mol. The van der Waals surface area contributed by atoms with Crippen LogP contribution in [0.3, 0.4) is 0 Å². The Balaban J connectivity index is 2.95. The van der Waals surface area contributed by atoms with Crippen molar-refractivity contribution in [2.75, 3.05) is 32.6 Å². The monoisotopic (exact) mass is 222 g/mol. The maximum Gasteiger partial charge on any atom is 0.324 e. The molecule has 0 saturated carbocycles. The van der Waals surface area contributed by atoms with Crippen molar-refractivity contribution in [3.05, 3.63) is 24.3 Å². The minimum Gasteiger partial charge on any atom is -0.495 e. The van der Waals surface area contributed by atoms with Crippen LogP contribution in [0, 0.1) is 0 Å². The minimum atomic E-state index is -0.0491. The summed E-state index contributed by atoms with van der Waals surface area (Å²) in [5.41, 5.74) is 0.773. The summed E-state index contributed by atoms with van der Waals surface area (Å²) in [7, 11) is 5.11. The van der Waals surface area contributed by atoms with Crippen LogP contribution in [-0.4, -0.2) is 38.7 Å². The molecule has 4 nitrogen and oxygen atoms in total. The third-order valence-electron chi connectivity index (χ3n) is 2.53. The fourth-order valence-electron chi connectivity index (χ4n) is 1.40. The number of anilines is 1. The molecule has 2 amide bonds. The van der Waals surface area contributed by atoms with Crippen LogP contribution in [0.25, 0.3) is 0 Å². The lowest BCUT2D eigenvalue weighted by Gasteiger charge is -2.25. The van der Waals surface area contributed by atoms with Gasteiger partial charge in [-0.05, 0) is 19.1 Å². The Morgan fingerprint density at radius 2 is 1.94 bits per heavy atom. The van der Waals surface area contributed by atoms with Gasteiger partial charge in [-0.3, -0.25) is 4.90 Å². The highest BCUT2D eigenvalue weighted by atomic mass is 16.5. The third kappa shape index (κ3) is 2.45. The lowest BCUT2D eigenvalue weighted by atomic mass is 10.3. The van der Waals surface area contributed by atoms with Crippen molar-refractivity contribution < 1.29 is 9.53 Å². The van der Waals surface area contributed by atoms with Crippen molar-refractivity contribution in [1.29, 1.82) is 0 Å². The number of benzene rings is 1. The number of ether oxygens (including phenoxy) is 1. The molecule has 0 spiro atoms. The molecule has 0 heterocycles.